The summed E-state index contributed by atoms with van der Waals surface area (Å²) in [6, 6.07) is 1.83. The van der Waals surface area contributed by atoms with E-state index in [1.165, 1.54) is 11.3 Å². The van der Waals surface area contributed by atoms with Gasteiger partial charge in [0.25, 0.3) is 0 Å². The fourth-order valence-corrected chi connectivity index (χ4v) is 3.04. The predicted octanol–water partition coefficient (Wildman–Crippen LogP) is 2.84. The molecular weight excluding hydrogens is 330 g/mol. The van der Waals surface area contributed by atoms with Gasteiger partial charge in [-0.25, -0.2) is 4.79 Å². The first-order valence-electron chi connectivity index (χ1n) is 7.50. The molecule has 1 N–H and O–H groups in total. The zero-order valence-corrected chi connectivity index (χ0v) is 14.6. The Kier molecular flexibility index (Phi) is 5.92. The van der Waals surface area contributed by atoms with Gasteiger partial charge in [-0.1, -0.05) is 0 Å². The molecule has 0 saturated carbocycles. The maximum Gasteiger partial charge on any atom is 0.340 e. The molecule has 7 heteroatoms. The number of esters is 2. The maximum atomic E-state index is 12.3. The minimum Gasteiger partial charge on any atom is -0.462 e. The van der Waals surface area contributed by atoms with E-state index >= 15 is 0 Å². The highest BCUT2D eigenvalue weighted by Crippen LogP contribution is 2.19. The topological polar surface area (TPSA) is 85.5 Å². The molecule has 0 aliphatic heterocycles. The van der Waals surface area contributed by atoms with E-state index in [0.717, 1.165) is 5.56 Å². The van der Waals surface area contributed by atoms with Crippen molar-refractivity contribution in [2.75, 3.05) is 13.2 Å². The van der Waals surface area contributed by atoms with Gasteiger partial charge < -0.3 is 14.5 Å². The van der Waals surface area contributed by atoms with Gasteiger partial charge in [0.1, 0.15) is 0 Å². The molecule has 0 aliphatic carbocycles. The molecule has 0 aliphatic rings. The van der Waals surface area contributed by atoms with Crippen molar-refractivity contribution in [2.24, 2.45) is 0 Å². The highest BCUT2D eigenvalue weighted by molar-refractivity contribution is 7.07. The number of hydrogen-bond acceptors (Lipinski definition) is 6. The lowest BCUT2D eigenvalue weighted by atomic mass is 10.1. The number of thiophene rings is 1. The fourth-order valence-electron chi connectivity index (χ4n) is 2.37. The number of carbonyl (C=O) groups is 3. The molecule has 2 heterocycles. The summed E-state index contributed by atoms with van der Waals surface area (Å²) in [6.07, 6.45) is 0.133. The van der Waals surface area contributed by atoms with Crippen molar-refractivity contribution >= 4 is 29.1 Å². The van der Waals surface area contributed by atoms with Gasteiger partial charge in [-0.3, -0.25) is 9.59 Å². The normalized spacial score (nSPS) is 10.5. The Morgan fingerprint density at radius 1 is 1.21 bits per heavy atom. The van der Waals surface area contributed by atoms with Gasteiger partial charge >= 0.3 is 11.9 Å². The second-order valence-corrected chi connectivity index (χ2v) is 6.02. The zero-order valence-electron chi connectivity index (χ0n) is 13.8. The fraction of sp³-hybridized carbons (Fsp3) is 0.353. The smallest absolute Gasteiger partial charge is 0.340 e. The van der Waals surface area contributed by atoms with Crippen LogP contribution >= 0.6 is 11.3 Å². The number of aryl methyl sites for hydroxylation is 1. The Labute approximate surface area is 143 Å². The van der Waals surface area contributed by atoms with Crippen LogP contribution in [0.15, 0.2) is 16.8 Å². The number of ketones is 1. The molecule has 0 aromatic carbocycles. The molecule has 2 aromatic heterocycles. The minimum absolute atomic E-state index is 0.133. The van der Waals surface area contributed by atoms with Crippen molar-refractivity contribution in [3.05, 3.63) is 44.9 Å². The van der Waals surface area contributed by atoms with Crippen LogP contribution in [0.4, 0.5) is 0 Å². The molecule has 0 saturated heterocycles. The summed E-state index contributed by atoms with van der Waals surface area (Å²) >= 11 is 1.49. The predicted molar refractivity (Wildman–Crippen MR) is 89.5 cm³/mol. The molecule has 24 heavy (non-hydrogen) atoms. The van der Waals surface area contributed by atoms with Crippen LogP contribution in [0.25, 0.3) is 0 Å². The van der Waals surface area contributed by atoms with Crippen LogP contribution in [-0.2, 0) is 20.7 Å². The lowest BCUT2D eigenvalue weighted by Crippen LogP contribution is -2.16. The molecule has 2 aromatic rings. The Bertz CT molecular complexity index is 745. The summed E-state index contributed by atoms with van der Waals surface area (Å²) in [5.74, 6) is -1.32. The number of hydrogen-bond donors (Lipinski definition) is 1. The van der Waals surface area contributed by atoms with E-state index in [1.54, 1.807) is 20.8 Å². The van der Waals surface area contributed by atoms with Crippen LogP contribution < -0.4 is 0 Å². The first-order valence-corrected chi connectivity index (χ1v) is 8.44. The van der Waals surface area contributed by atoms with Crippen LogP contribution in [0, 0.1) is 13.8 Å². The van der Waals surface area contributed by atoms with E-state index in [-0.39, 0.29) is 31.1 Å². The second-order valence-electron chi connectivity index (χ2n) is 5.24. The summed E-state index contributed by atoms with van der Waals surface area (Å²) in [7, 11) is 0. The van der Waals surface area contributed by atoms with Gasteiger partial charge in [0.2, 0.25) is 5.78 Å². The Hall–Kier alpha value is -2.41. The summed E-state index contributed by atoms with van der Waals surface area (Å²) in [6.45, 7) is 4.96. The van der Waals surface area contributed by atoms with Gasteiger partial charge in [-0.05, 0) is 48.7 Å². The first kappa shape index (κ1) is 17.9. The van der Waals surface area contributed by atoms with Crippen molar-refractivity contribution in [1.29, 1.82) is 0 Å². The minimum atomic E-state index is -0.475. The Balaban J connectivity index is 2.01. The highest BCUT2D eigenvalue weighted by atomic mass is 32.1. The molecule has 6 nitrogen and oxygen atoms in total. The van der Waals surface area contributed by atoms with E-state index in [1.807, 2.05) is 16.8 Å². The number of H-pyrrole nitrogens is 1. The highest BCUT2D eigenvalue weighted by Gasteiger charge is 2.23. The van der Waals surface area contributed by atoms with Gasteiger partial charge in [0.15, 0.2) is 6.61 Å². The van der Waals surface area contributed by atoms with E-state index < -0.39 is 11.9 Å². The van der Waals surface area contributed by atoms with E-state index in [4.69, 9.17) is 9.47 Å². The van der Waals surface area contributed by atoms with Crippen molar-refractivity contribution < 1.29 is 23.9 Å². The average molecular weight is 349 g/mol. The number of Topliss-reactive ketones (excluding diaryl/α,β-unsaturated/α-hetero) is 1. The molecule has 0 spiro atoms. The zero-order chi connectivity index (χ0) is 17.7. The van der Waals surface area contributed by atoms with Gasteiger partial charge in [-0.15, -0.1) is 0 Å². The van der Waals surface area contributed by atoms with Gasteiger partial charge in [0.05, 0.1) is 24.3 Å². The summed E-state index contributed by atoms with van der Waals surface area (Å²) in [4.78, 5) is 38.8. The van der Waals surface area contributed by atoms with E-state index in [2.05, 4.69) is 4.98 Å². The van der Waals surface area contributed by atoms with Crippen LogP contribution in [0.1, 0.15) is 44.6 Å². The van der Waals surface area contributed by atoms with E-state index in [0.29, 0.717) is 16.8 Å². The van der Waals surface area contributed by atoms with Gasteiger partial charge in [-0.2, -0.15) is 11.3 Å². The van der Waals surface area contributed by atoms with Crippen molar-refractivity contribution in [3.63, 3.8) is 0 Å². The van der Waals surface area contributed by atoms with Gasteiger partial charge in [0, 0.05) is 5.69 Å². The van der Waals surface area contributed by atoms with Crippen molar-refractivity contribution in [3.8, 4) is 0 Å². The summed E-state index contributed by atoms with van der Waals surface area (Å²) in [5, 5.41) is 3.73. The first-order chi connectivity index (χ1) is 11.4. The lowest BCUT2D eigenvalue weighted by Gasteiger charge is -2.04. The largest absolute Gasteiger partial charge is 0.462 e. The Morgan fingerprint density at radius 3 is 2.58 bits per heavy atom. The molecule has 128 valence electrons. The number of aromatic amines is 1. The standard InChI is InChI=1S/C17H19NO5S/c1-4-22-17(21)15-10(2)16(18-11(15)3)13(19)8-23-14(20)7-12-5-6-24-9-12/h5-6,9,18H,4,7-8H2,1-3H3. The summed E-state index contributed by atoms with van der Waals surface area (Å²) < 4.78 is 10.0. The molecule has 0 unspecified atom stereocenters. The quantitative estimate of drug-likeness (QED) is 0.614. The number of nitrogens with one attached hydrogen (secondary N) is 1. The monoisotopic (exact) mass is 349 g/mol. The summed E-state index contributed by atoms with van der Waals surface area (Å²) in [5.41, 5.74) is 2.53. The Morgan fingerprint density at radius 2 is 1.96 bits per heavy atom. The van der Waals surface area contributed by atoms with Crippen LogP contribution in [0.5, 0.6) is 0 Å². The third kappa shape index (κ3) is 4.11. The molecular formula is C17H19NO5S. The third-order valence-corrected chi connectivity index (χ3v) is 4.22. The number of ether oxygens (including phenoxy) is 2. The average Bonchev–Trinajstić information content (AvgIpc) is 3.13. The van der Waals surface area contributed by atoms with Crippen molar-refractivity contribution in [2.45, 2.75) is 27.2 Å². The van der Waals surface area contributed by atoms with E-state index in [9.17, 15) is 14.4 Å². The second kappa shape index (κ2) is 7.92. The SMILES string of the molecule is CCOC(=O)c1c(C)[nH]c(C(=O)COC(=O)Cc2ccsc2)c1C. The molecule has 0 amide bonds. The van der Waals surface area contributed by atoms with Crippen LogP contribution in [0.3, 0.4) is 0 Å². The van der Waals surface area contributed by atoms with Crippen LogP contribution in [0.2, 0.25) is 0 Å². The number of carbonyl (C=O) groups excluding carboxylic acids is 3. The van der Waals surface area contributed by atoms with Crippen LogP contribution in [-0.4, -0.2) is 35.9 Å². The molecule has 0 atom stereocenters. The lowest BCUT2D eigenvalue weighted by molar-refractivity contribution is -0.141. The maximum absolute atomic E-state index is 12.3. The molecule has 2 rings (SSSR count). The third-order valence-electron chi connectivity index (χ3n) is 3.49. The number of aromatic nitrogens is 1. The van der Waals surface area contributed by atoms with Crippen molar-refractivity contribution in [1.82, 2.24) is 4.98 Å². The molecule has 0 fully saturated rings. The number of rotatable bonds is 7. The molecule has 0 radical (unpaired) electrons. The molecule has 0 bridgehead atoms.